The summed E-state index contributed by atoms with van der Waals surface area (Å²) in [5, 5.41) is 44.2. The number of likely N-dealkylation sites (N-methyl/N-ethyl adjacent to an activating group) is 1. The number of carbonyl (C=O) groups excluding carboxylic acids is 1. The minimum Gasteiger partial charge on any atom is -0.388 e. The minimum atomic E-state index is -1.36. The smallest absolute Gasteiger partial charge is 0.262 e. The summed E-state index contributed by atoms with van der Waals surface area (Å²) in [6.07, 6.45) is -4.78. The molecule has 210 valence electrons. The molecule has 4 unspecified atom stereocenters. The first-order valence-corrected chi connectivity index (χ1v) is 14.2. The minimum absolute atomic E-state index is 0.0331. The number of amides is 1. The van der Waals surface area contributed by atoms with Crippen LogP contribution >= 0.6 is 11.3 Å². The predicted octanol–water partition coefficient (Wildman–Crippen LogP) is 2.21. The third kappa shape index (κ3) is 5.90. The number of benzene rings is 2. The molecule has 0 spiro atoms. The highest BCUT2D eigenvalue weighted by Crippen LogP contribution is 2.35. The third-order valence-electron chi connectivity index (χ3n) is 7.74. The van der Waals surface area contributed by atoms with Crippen LogP contribution in [0.1, 0.15) is 11.8 Å². The average Bonchev–Trinajstić information content (AvgIpc) is 3.46. The van der Waals surface area contributed by atoms with Gasteiger partial charge in [0.1, 0.15) is 36.1 Å². The summed E-state index contributed by atoms with van der Waals surface area (Å²) in [5.74, 6) is -0.590. The van der Waals surface area contributed by atoms with E-state index in [0.29, 0.717) is 5.57 Å². The van der Waals surface area contributed by atoms with E-state index < -0.39 is 30.3 Å². The number of rotatable bonds is 6. The molecule has 3 heterocycles. The number of hydrogen-bond donors (Lipinski definition) is 4. The fourth-order valence-electron chi connectivity index (χ4n) is 5.10. The molecular formula is C30H34N4O5S. The van der Waals surface area contributed by atoms with Crippen LogP contribution in [0.15, 0.2) is 54.1 Å². The lowest BCUT2D eigenvalue weighted by atomic mass is 10.00. The van der Waals surface area contributed by atoms with Gasteiger partial charge in [-0.05, 0) is 66.2 Å². The van der Waals surface area contributed by atoms with Crippen LogP contribution in [0.25, 0.3) is 26.8 Å². The number of allylic oxidation sites excluding steroid dienone is 1. The van der Waals surface area contributed by atoms with Gasteiger partial charge in [0, 0.05) is 48.2 Å². The van der Waals surface area contributed by atoms with Gasteiger partial charge in [0.05, 0.1) is 6.61 Å². The monoisotopic (exact) mass is 562 g/mol. The molecule has 2 aliphatic heterocycles. The molecule has 10 heteroatoms. The number of carbonyl (C=O) groups is 1. The van der Waals surface area contributed by atoms with Gasteiger partial charge in [-0.1, -0.05) is 18.2 Å². The fourth-order valence-corrected chi connectivity index (χ4v) is 6.11. The molecule has 1 aromatic heterocycles. The van der Waals surface area contributed by atoms with Crippen LogP contribution in [0.4, 0.5) is 5.69 Å². The molecule has 0 bridgehead atoms. The van der Waals surface area contributed by atoms with Gasteiger partial charge < -0.3 is 35.2 Å². The van der Waals surface area contributed by atoms with Crippen molar-refractivity contribution >= 4 is 39.3 Å². The number of nitrogens with one attached hydrogen (secondary N) is 1. The van der Waals surface area contributed by atoms with Gasteiger partial charge >= 0.3 is 0 Å². The Morgan fingerprint density at radius 3 is 2.52 bits per heavy atom. The second-order valence-electron chi connectivity index (χ2n) is 10.4. The van der Waals surface area contributed by atoms with Crippen LogP contribution in [0, 0.1) is 11.3 Å². The zero-order valence-corrected chi connectivity index (χ0v) is 23.4. The number of aliphatic hydroxyl groups excluding tert-OH is 3. The van der Waals surface area contributed by atoms with E-state index in [4.69, 9.17) is 4.74 Å². The fraction of sp³-hybridized carbons (Fsp3) is 0.400. The molecule has 4 N–H and O–H groups in total. The number of ether oxygens (including phenoxy) is 1. The Bertz CT molecular complexity index is 1460. The van der Waals surface area contributed by atoms with Crippen LogP contribution in [0.5, 0.6) is 0 Å². The lowest BCUT2D eigenvalue weighted by Gasteiger charge is -2.35. The van der Waals surface area contributed by atoms with Crippen LogP contribution < -0.4 is 10.2 Å². The van der Waals surface area contributed by atoms with Crippen molar-refractivity contribution in [2.75, 3.05) is 51.3 Å². The van der Waals surface area contributed by atoms with Gasteiger partial charge in [-0.25, -0.2) is 0 Å². The Morgan fingerprint density at radius 1 is 1.05 bits per heavy atom. The molecule has 2 saturated heterocycles. The number of anilines is 1. The molecule has 0 saturated carbocycles. The zero-order valence-electron chi connectivity index (χ0n) is 22.6. The lowest BCUT2D eigenvalue weighted by Crippen LogP contribution is -2.56. The maximum Gasteiger partial charge on any atom is 0.262 e. The first kappa shape index (κ1) is 28.2. The van der Waals surface area contributed by atoms with Crippen LogP contribution in [0.2, 0.25) is 0 Å². The first-order valence-electron chi connectivity index (χ1n) is 13.4. The standard InChI is InChI=1S/C30H34N4O5S/c1-18(23(15-31)30(38)32-16-25-29(37)28(36)24(35)17-39-25)26-7-8-27(40-26)21-4-3-20-14-22(6-5-19(20)13-21)34-11-9-33(2)10-12-34/h3-8,13-14,24-25,28-29,35-37H,9-12,16-17H2,1-2H3,(H,32,38). The Morgan fingerprint density at radius 2 is 1.77 bits per heavy atom. The maximum absolute atomic E-state index is 12.8. The molecule has 3 aromatic rings. The van der Waals surface area contributed by atoms with Crippen molar-refractivity contribution in [3.05, 3.63) is 59.0 Å². The van der Waals surface area contributed by atoms with E-state index in [-0.39, 0.29) is 18.7 Å². The van der Waals surface area contributed by atoms with Crippen LogP contribution in [-0.2, 0) is 9.53 Å². The summed E-state index contributed by atoms with van der Waals surface area (Å²) in [7, 11) is 2.15. The van der Waals surface area contributed by atoms with E-state index in [1.165, 1.54) is 22.4 Å². The van der Waals surface area contributed by atoms with Crippen LogP contribution in [-0.4, -0.2) is 96.9 Å². The second kappa shape index (κ2) is 12.1. The number of piperazine rings is 1. The van der Waals surface area contributed by atoms with Gasteiger partial charge in [0.15, 0.2) is 0 Å². The van der Waals surface area contributed by atoms with E-state index in [0.717, 1.165) is 46.9 Å². The highest BCUT2D eigenvalue weighted by molar-refractivity contribution is 7.16. The lowest BCUT2D eigenvalue weighted by molar-refractivity contribution is -0.185. The maximum atomic E-state index is 12.8. The van der Waals surface area contributed by atoms with Gasteiger partial charge in [-0.3, -0.25) is 4.79 Å². The topological polar surface area (TPSA) is 129 Å². The van der Waals surface area contributed by atoms with Crippen molar-refractivity contribution < 1.29 is 24.9 Å². The van der Waals surface area contributed by atoms with Gasteiger partial charge in [0.2, 0.25) is 0 Å². The SMILES string of the molecule is CC(=C(C#N)C(=O)NCC1OCC(O)C(O)C1O)c1ccc(-c2ccc3cc(N4CCN(C)CC4)ccc3c2)s1. The molecule has 2 fully saturated rings. The highest BCUT2D eigenvalue weighted by Gasteiger charge is 2.37. The Kier molecular flexibility index (Phi) is 8.51. The summed E-state index contributed by atoms with van der Waals surface area (Å²) < 4.78 is 5.33. The summed E-state index contributed by atoms with van der Waals surface area (Å²) in [6.45, 7) is 5.66. The summed E-state index contributed by atoms with van der Waals surface area (Å²) in [5.41, 5.74) is 2.83. The first-order chi connectivity index (χ1) is 19.2. The Hall–Kier alpha value is -3.30. The van der Waals surface area contributed by atoms with Crippen LogP contribution in [0.3, 0.4) is 0 Å². The number of nitriles is 1. The van der Waals surface area contributed by atoms with E-state index in [2.05, 4.69) is 58.6 Å². The predicted molar refractivity (Wildman–Crippen MR) is 156 cm³/mol. The Balaban J connectivity index is 1.29. The average molecular weight is 563 g/mol. The van der Waals surface area contributed by atoms with E-state index in [9.17, 15) is 25.4 Å². The van der Waals surface area contributed by atoms with Crippen molar-refractivity contribution in [2.45, 2.75) is 31.3 Å². The van der Waals surface area contributed by atoms with E-state index in [1.54, 1.807) is 6.92 Å². The third-order valence-corrected chi connectivity index (χ3v) is 8.99. The normalized spacial score (nSPS) is 24.4. The van der Waals surface area contributed by atoms with Crippen molar-refractivity contribution in [3.63, 3.8) is 0 Å². The largest absolute Gasteiger partial charge is 0.388 e. The van der Waals surface area contributed by atoms with Crippen molar-refractivity contribution in [3.8, 4) is 16.5 Å². The molecule has 2 aliphatic rings. The number of aliphatic hydroxyl groups is 3. The van der Waals surface area contributed by atoms with Crippen molar-refractivity contribution in [2.24, 2.45) is 0 Å². The molecule has 4 atom stereocenters. The number of nitrogens with zero attached hydrogens (tertiary/aromatic N) is 3. The molecule has 9 nitrogen and oxygen atoms in total. The van der Waals surface area contributed by atoms with Gasteiger partial charge in [0.25, 0.3) is 5.91 Å². The number of hydrogen-bond acceptors (Lipinski definition) is 9. The molecule has 1 amide bonds. The molecular weight excluding hydrogens is 528 g/mol. The highest BCUT2D eigenvalue weighted by atomic mass is 32.1. The zero-order chi connectivity index (χ0) is 28.4. The van der Waals surface area contributed by atoms with E-state index >= 15 is 0 Å². The van der Waals surface area contributed by atoms with Gasteiger partial charge in [-0.15, -0.1) is 11.3 Å². The summed E-state index contributed by atoms with van der Waals surface area (Å²) in [6, 6.07) is 18.9. The summed E-state index contributed by atoms with van der Waals surface area (Å²) in [4.78, 5) is 19.4. The molecule has 0 radical (unpaired) electrons. The van der Waals surface area contributed by atoms with Crippen molar-refractivity contribution in [1.29, 1.82) is 5.26 Å². The van der Waals surface area contributed by atoms with Gasteiger partial charge in [-0.2, -0.15) is 5.26 Å². The summed E-state index contributed by atoms with van der Waals surface area (Å²) >= 11 is 1.51. The molecule has 40 heavy (non-hydrogen) atoms. The quantitative estimate of drug-likeness (QED) is 0.266. The van der Waals surface area contributed by atoms with Crippen molar-refractivity contribution in [1.82, 2.24) is 10.2 Å². The number of thiophene rings is 1. The number of fused-ring (bicyclic) bond motifs is 1. The molecule has 2 aromatic carbocycles. The Labute approximate surface area is 237 Å². The van der Waals surface area contributed by atoms with E-state index in [1.807, 2.05) is 18.2 Å². The molecule has 5 rings (SSSR count). The molecule has 0 aliphatic carbocycles. The second-order valence-corrected chi connectivity index (χ2v) is 11.5.